The summed E-state index contributed by atoms with van der Waals surface area (Å²) in [5, 5.41) is 0. The lowest BCUT2D eigenvalue weighted by atomic mass is 9.76. The average Bonchev–Trinajstić information content (AvgIpc) is 2.41. The summed E-state index contributed by atoms with van der Waals surface area (Å²) in [6.07, 6.45) is 9.39. The lowest BCUT2D eigenvalue weighted by molar-refractivity contribution is -0.0321. The molecule has 1 aliphatic heterocycles. The molecule has 1 saturated heterocycles. The Balaban J connectivity index is 1.90. The van der Waals surface area contributed by atoms with E-state index in [9.17, 15) is 0 Å². The van der Waals surface area contributed by atoms with Gasteiger partial charge >= 0.3 is 0 Å². The molecule has 1 saturated carbocycles. The Labute approximate surface area is 112 Å². The maximum absolute atomic E-state index is 6.11. The predicted molar refractivity (Wildman–Crippen MR) is 75.6 cm³/mol. The zero-order valence-corrected chi connectivity index (χ0v) is 12.2. The maximum atomic E-state index is 6.11. The van der Waals surface area contributed by atoms with Gasteiger partial charge in [-0.25, -0.2) is 0 Å². The molecule has 0 aromatic rings. The van der Waals surface area contributed by atoms with Crippen LogP contribution < -0.4 is 5.73 Å². The topological polar surface area (TPSA) is 38.5 Å². The van der Waals surface area contributed by atoms with E-state index in [1.165, 1.54) is 44.9 Å². The number of likely N-dealkylation sites (N-methyl/N-ethyl adjacent to an activating group) is 1. The second-order valence-electron chi connectivity index (χ2n) is 6.48. The summed E-state index contributed by atoms with van der Waals surface area (Å²) in [4.78, 5) is 2.51. The lowest BCUT2D eigenvalue weighted by Crippen LogP contribution is -2.56. The standard InChI is InChI=1S/C15H30N2O/c1-13-6-8-15(12-16,9-7-13)17(2)11-14-5-3-4-10-18-14/h13-14H,3-12,16H2,1-2H3. The molecular weight excluding hydrogens is 224 g/mol. The van der Waals surface area contributed by atoms with Gasteiger partial charge in [0.1, 0.15) is 0 Å². The van der Waals surface area contributed by atoms with Crippen LogP contribution in [0.5, 0.6) is 0 Å². The van der Waals surface area contributed by atoms with Gasteiger partial charge in [-0.2, -0.15) is 0 Å². The molecule has 2 aliphatic rings. The minimum atomic E-state index is 0.243. The zero-order chi connectivity index (χ0) is 13.0. The van der Waals surface area contributed by atoms with Crippen molar-refractivity contribution in [3.63, 3.8) is 0 Å². The molecule has 0 radical (unpaired) electrons. The van der Waals surface area contributed by atoms with Crippen LogP contribution in [0.15, 0.2) is 0 Å². The fourth-order valence-electron chi connectivity index (χ4n) is 3.49. The number of ether oxygens (including phenoxy) is 1. The van der Waals surface area contributed by atoms with Gasteiger partial charge in [-0.05, 0) is 57.9 Å². The van der Waals surface area contributed by atoms with E-state index in [1.54, 1.807) is 0 Å². The zero-order valence-electron chi connectivity index (χ0n) is 12.2. The Hall–Kier alpha value is -0.120. The largest absolute Gasteiger partial charge is 0.377 e. The maximum Gasteiger partial charge on any atom is 0.0702 e. The number of hydrogen-bond acceptors (Lipinski definition) is 3. The van der Waals surface area contributed by atoms with Crippen molar-refractivity contribution in [2.24, 2.45) is 11.7 Å². The number of hydrogen-bond donors (Lipinski definition) is 1. The van der Waals surface area contributed by atoms with E-state index < -0.39 is 0 Å². The fourth-order valence-corrected chi connectivity index (χ4v) is 3.49. The third-order valence-corrected chi connectivity index (χ3v) is 5.15. The molecule has 2 rings (SSSR count). The molecule has 0 bridgehead atoms. The molecule has 3 heteroatoms. The molecule has 1 unspecified atom stereocenters. The highest BCUT2D eigenvalue weighted by Gasteiger charge is 2.37. The highest BCUT2D eigenvalue weighted by atomic mass is 16.5. The normalized spacial score (nSPS) is 38.0. The van der Waals surface area contributed by atoms with Crippen molar-refractivity contribution in [1.82, 2.24) is 4.90 Å². The van der Waals surface area contributed by atoms with Gasteiger partial charge < -0.3 is 10.5 Å². The third-order valence-electron chi connectivity index (χ3n) is 5.15. The summed E-state index contributed by atoms with van der Waals surface area (Å²) in [5.41, 5.74) is 6.35. The Morgan fingerprint density at radius 1 is 1.22 bits per heavy atom. The molecule has 106 valence electrons. The smallest absolute Gasteiger partial charge is 0.0702 e. The molecule has 2 N–H and O–H groups in total. The molecule has 0 aromatic heterocycles. The van der Waals surface area contributed by atoms with E-state index in [0.717, 1.165) is 25.6 Å². The van der Waals surface area contributed by atoms with Gasteiger partial charge in [0.25, 0.3) is 0 Å². The molecule has 2 fully saturated rings. The summed E-state index contributed by atoms with van der Waals surface area (Å²) in [6, 6.07) is 0. The van der Waals surface area contributed by atoms with Gasteiger partial charge in [0.05, 0.1) is 6.10 Å². The quantitative estimate of drug-likeness (QED) is 0.837. The van der Waals surface area contributed by atoms with Gasteiger partial charge in [-0.3, -0.25) is 4.90 Å². The Bertz CT molecular complexity index is 243. The molecule has 0 aromatic carbocycles. The van der Waals surface area contributed by atoms with Crippen LogP contribution in [0.25, 0.3) is 0 Å². The second kappa shape index (κ2) is 6.36. The van der Waals surface area contributed by atoms with Crippen molar-refractivity contribution in [3.05, 3.63) is 0 Å². The first-order chi connectivity index (χ1) is 8.66. The van der Waals surface area contributed by atoms with Crippen molar-refractivity contribution < 1.29 is 4.74 Å². The molecule has 3 nitrogen and oxygen atoms in total. The monoisotopic (exact) mass is 254 g/mol. The van der Waals surface area contributed by atoms with Crippen molar-refractivity contribution >= 4 is 0 Å². The molecule has 0 spiro atoms. The lowest BCUT2D eigenvalue weighted by Gasteiger charge is -2.46. The van der Waals surface area contributed by atoms with Gasteiger partial charge in [-0.15, -0.1) is 0 Å². The molecule has 1 atom stereocenters. The van der Waals surface area contributed by atoms with Gasteiger partial charge in [0.15, 0.2) is 0 Å². The highest BCUT2D eigenvalue weighted by molar-refractivity contribution is 4.95. The number of nitrogens with zero attached hydrogens (tertiary/aromatic N) is 1. The van der Waals surface area contributed by atoms with E-state index in [2.05, 4.69) is 18.9 Å². The Kier molecular flexibility index (Phi) is 5.05. The first-order valence-electron chi connectivity index (χ1n) is 7.69. The second-order valence-corrected chi connectivity index (χ2v) is 6.48. The van der Waals surface area contributed by atoms with Crippen LogP contribution in [0.3, 0.4) is 0 Å². The SMILES string of the molecule is CC1CCC(CN)(N(C)CC2CCCCO2)CC1. The van der Waals surface area contributed by atoms with Crippen LogP contribution in [0, 0.1) is 5.92 Å². The summed E-state index contributed by atoms with van der Waals surface area (Å²) in [5.74, 6) is 0.879. The summed E-state index contributed by atoms with van der Waals surface area (Å²) >= 11 is 0. The average molecular weight is 254 g/mol. The van der Waals surface area contributed by atoms with E-state index in [4.69, 9.17) is 10.5 Å². The van der Waals surface area contributed by atoms with Crippen LogP contribution in [0.2, 0.25) is 0 Å². The van der Waals surface area contributed by atoms with Crippen LogP contribution in [-0.2, 0) is 4.74 Å². The molecular formula is C15H30N2O. The fraction of sp³-hybridized carbons (Fsp3) is 1.00. The van der Waals surface area contributed by atoms with Crippen molar-refractivity contribution in [3.8, 4) is 0 Å². The van der Waals surface area contributed by atoms with E-state index in [0.29, 0.717) is 6.10 Å². The van der Waals surface area contributed by atoms with Gasteiger partial charge in [0.2, 0.25) is 0 Å². The highest BCUT2D eigenvalue weighted by Crippen LogP contribution is 2.35. The van der Waals surface area contributed by atoms with Crippen LogP contribution in [-0.4, -0.2) is 43.3 Å². The van der Waals surface area contributed by atoms with Gasteiger partial charge in [-0.1, -0.05) is 6.92 Å². The predicted octanol–water partition coefficient (Wildman–Crippen LogP) is 2.39. The third kappa shape index (κ3) is 3.25. The number of nitrogens with two attached hydrogens (primary N) is 1. The van der Waals surface area contributed by atoms with Crippen LogP contribution >= 0.6 is 0 Å². The Morgan fingerprint density at radius 2 is 1.94 bits per heavy atom. The minimum absolute atomic E-state index is 0.243. The van der Waals surface area contributed by atoms with E-state index in [-0.39, 0.29) is 5.54 Å². The minimum Gasteiger partial charge on any atom is -0.377 e. The first-order valence-corrected chi connectivity index (χ1v) is 7.69. The van der Waals surface area contributed by atoms with Crippen molar-refractivity contribution in [2.45, 2.75) is 63.5 Å². The van der Waals surface area contributed by atoms with E-state index in [1.807, 2.05) is 0 Å². The van der Waals surface area contributed by atoms with Crippen LogP contribution in [0.1, 0.15) is 51.9 Å². The van der Waals surface area contributed by atoms with Gasteiger partial charge in [0, 0.05) is 25.2 Å². The first kappa shape index (κ1) is 14.3. The van der Waals surface area contributed by atoms with Crippen molar-refractivity contribution in [2.75, 3.05) is 26.7 Å². The molecule has 1 heterocycles. The van der Waals surface area contributed by atoms with Crippen molar-refractivity contribution in [1.29, 1.82) is 0 Å². The number of rotatable bonds is 4. The molecule has 18 heavy (non-hydrogen) atoms. The molecule has 0 amide bonds. The molecule has 1 aliphatic carbocycles. The summed E-state index contributed by atoms with van der Waals surface area (Å²) < 4.78 is 5.87. The summed E-state index contributed by atoms with van der Waals surface area (Å²) in [7, 11) is 2.25. The van der Waals surface area contributed by atoms with Crippen LogP contribution in [0.4, 0.5) is 0 Å². The summed E-state index contributed by atoms with van der Waals surface area (Å²) in [6.45, 7) is 5.17. The van der Waals surface area contributed by atoms with E-state index >= 15 is 0 Å². The Morgan fingerprint density at radius 3 is 2.50 bits per heavy atom.